The maximum atomic E-state index is 12.1. The Labute approximate surface area is 112 Å². The third-order valence-electron chi connectivity index (χ3n) is 3.18. The van der Waals surface area contributed by atoms with Gasteiger partial charge in [0.15, 0.2) is 0 Å². The van der Waals surface area contributed by atoms with E-state index < -0.39 is 0 Å². The van der Waals surface area contributed by atoms with Crippen molar-refractivity contribution in [2.75, 3.05) is 6.54 Å². The van der Waals surface area contributed by atoms with Gasteiger partial charge >= 0.3 is 0 Å². The second-order valence-electron chi connectivity index (χ2n) is 5.12. The van der Waals surface area contributed by atoms with Gasteiger partial charge in [-0.3, -0.25) is 4.79 Å². The fourth-order valence-corrected chi connectivity index (χ4v) is 2.70. The van der Waals surface area contributed by atoms with Gasteiger partial charge in [-0.2, -0.15) is 0 Å². The van der Waals surface area contributed by atoms with Crippen LogP contribution in [0.3, 0.4) is 0 Å². The van der Waals surface area contributed by atoms with Gasteiger partial charge in [0.25, 0.3) is 5.91 Å². The van der Waals surface area contributed by atoms with E-state index in [0.717, 1.165) is 4.88 Å². The topological polar surface area (TPSA) is 55.1 Å². The molecule has 2 rings (SSSR count). The Morgan fingerprint density at radius 3 is 2.89 bits per heavy atom. The molecule has 0 aliphatic heterocycles. The number of carbonyl (C=O) groups excluding carboxylic acids is 1. The van der Waals surface area contributed by atoms with Crippen molar-refractivity contribution in [3.8, 4) is 11.8 Å². The molecule has 18 heavy (non-hydrogen) atoms. The van der Waals surface area contributed by atoms with Gasteiger partial charge in [-0.25, -0.2) is 0 Å². The molecule has 0 radical (unpaired) electrons. The number of hydrogen-bond donors (Lipinski definition) is 2. The van der Waals surface area contributed by atoms with E-state index in [4.69, 9.17) is 5.73 Å². The van der Waals surface area contributed by atoms with E-state index in [-0.39, 0.29) is 11.4 Å². The zero-order valence-electron chi connectivity index (χ0n) is 10.7. The predicted molar refractivity (Wildman–Crippen MR) is 74.5 cm³/mol. The monoisotopic (exact) mass is 262 g/mol. The Morgan fingerprint density at radius 1 is 1.56 bits per heavy atom. The van der Waals surface area contributed by atoms with Gasteiger partial charge in [-0.1, -0.05) is 11.8 Å². The van der Waals surface area contributed by atoms with Crippen LogP contribution in [-0.2, 0) is 0 Å². The van der Waals surface area contributed by atoms with Crippen molar-refractivity contribution in [3.05, 3.63) is 21.9 Å². The fraction of sp³-hybridized carbons (Fsp3) is 0.500. The van der Waals surface area contributed by atoms with Crippen molar-refractivity contribution in [3.63, 3.8) is 0 Å². The SMILES string of the molecule is CC(C)(NC(=O)c1ccc(C#CCN)s1)C1CC1. The minimum atomic E-state index is -0.107. The summed E-state index contributed by atoms with van der Waals surface area (Å²) in [6.45, 7) is 4.52. The van der Waals surface area contributed by atoms with Crippen LogP contribution in [0, 0.1) is 17.8 Å². The summed E-state index contributed by atoms with van der Waals surface area (Å²) in [7, 11) is 0. The van der Waals surface area contributed by atoms with Crippen molar-refractivity contribution in [2.24, 2.45) is 11.7 Å². The van der Waals surface area contributed by atoms with E-state index in [9.17, 15) is 4.79 Å². The summed E-state index contributed by atoms with van der Waals surface area (Å²) < 4.78 is 0. The molecule has 0 unspecified atom stereocenters. The van der Waals surface area contributed by atoms with Crippen LogP contribution in [-0.4, -0.2) is 18.0 Å². The molecule has 1 aliphatic rings. The minimum Gasteiger partial charge on any atom is -0.346 e. The molecule has 0 aromatic carbocycles. The fourth-order valence-electron chi connectivity index (χ4n) is 1.93. The van der Waals surface area contributed by atoms with Crippen molar-refractivity contribution < 1.29 is 4.79 Å². The molecule has 0 atom stereocenters. The van der Waals surface area contributed by atoms with E-state index in [1.165, 1.54) is 24.2 Å². The lowest BCUT2D eigenvalue weighted by atomic mass is 9.99. The molecule has 1 saturated carbocycles. The summed E-state index contributed by atoms with van der Waals surface area (Å²) in [4.78, 5) is 13.7. The largest absolute Gasteiger partial charge is 0.346 e. The zero-order chi connectivity index (χ0) is 13.2. The first-order valence-corrected chi connectivity index (χ1v) is 6.96. The lowest BCUT2D eigenvalue weighted by Crippen LogP contribution is -2.44. The quantitative estimate of drug-likeness (QED) is 0.818. The molecule has 0 saturated heterocycles. The molecule has 1 amide bonds. The zero-order valence-corrected chi connectivity index (χ0v) is 11.6. The minimum absolute atomic E-state index is 0.00213. The molecular formula is C14H18N2OS. The van der Waals surface area contributed by atoms with Crippen LogP contribution in [0.25, 0.3) is 0 Å². The highest BCUT2D eigenvalue weighted by molar-refractivity contribution is 7.14. The van der Waals surface area contributed by atoms with Crippen LogP contribution in [0.2, 0.25) is 0 Å². The predicted octanol–water partition coefficient (Wildman–Crippen LogP) is 1.98. The molecule has 96 valence electrons. The van der Waals surface area contributed by atoms with Crippen LogP contribution < -0.4 is 11.1 Å². The van der Waals surface area contributed by atoms with E-state index in [1.807, 2.05) is 12.1 Å². The average Bonchev–Trinajstić information content (AvgIpc) is 3.06. The van der Waals surface area contributed by atoms with Crippen molar-refractivity contribution in [1.29, 1.82) is 0 Å². The van der Waals surface area contributed by atoms with Crippen LogP contribution in [0.5, 0.6) is 0 Å². The lowest BCUT2D eigenvalue weighted by Gasteiger charge is -2.25. The standard InChI is InChI=1S/C14H18N2OS/c1-14(2,10-5-6-10)16-13(17)12-8-7-11(18-12)4-3-9-15/h7-8,10H,5-6,9,15H2,1-2H3,(H,16,17). The molecule has 0 spiro atoms. The smallest absolute Gasteiger partial charge is 0.261 e. The highest BCUT2D eigenvalue weighted by Gasteiger charge is 2.38. The number of amides is 1. The summed E-state index contributed by atoms with van der Waals surface area (Å²) in [6, 6.07) is 3.69. The normalized spacial score (nSPS) is 14.8. The van der Waals surface area contributed by atoms with Gasteiger partial charge in [0.2, 0.25) is 0 Å². The molecule has 1 aromatic heterocycles. The molecule has 3 N–H and O–H groups in total. The summed E-state index contributed by atoms with van der Waals surface area (Å²) >= 11 is 1.41. The number of thiophene rings is 1. The first kappa shape index (κ1) is 13.1. The van der Waals surface area contributed by atoms with Gasteiger partial charge in [0.1, 0.15) is 0 Å². The number of nitrogens with one attached hydrogen (secondary N) is 1. The first-order valence-electron chi connectivity index (χ1n) is 6.14. The Morgan fingerprint density at radius 2 is 2.28 bits per heavy atom. The summed E-state index contributed by atoms with van der Waals surface area (Å²) in [5, 5.41) is 3.10. The third-order valence-corrected chi connectivity index (χ3v) is 4.18. The Kier molecular flexibility index (Phi) is 3.74. The van der Waals surface area contributed by atoms with Crippen LogP contribution in [0.4, 0.5) is 0 Å². The second kappa shape index (κ2) is 5.13. The highest BCUT2D eigenvalue weighted by atomic mass is 32.1. The number of rotatable bonds is 3. The third kappa shape index (κ3) is 3.12. The van der Waals surface area contributed by atoms with E-state index in [1.54, 1.807) is 0 Å². The molecule has 1 fully saturated rings. The van der Waals surface area contributed by atoms with Crippen molar-refractivity contribution in [2.45, 2.75) is 32.2 Å². The lowest BCUT2D eigenvalue weighted by molar-refractivity contribution is 0.0907. The maximum absolute atomic E-state index is 12.1. The molecular weight excluding hydrogens is 244 g/mol. The average molecular weight is 262 g/mol. The van der Waals surface area contributed by atoms with Gasteiger partial charge in [-0.15, -0.1) is 11.3 Å². The molecule has 4 heteroatoms. The van der Waals surface area contributed by atoms with Crippen molar-refractivity contribution in [1.82, 2.24) is 5.32 Å². The summed E-state index contributed by atoms with van der Waals surface area (Å²) in [5.41, 5.74) is 5.21. The van der Waals surface area contributed by atoms with Gasteiger partial charge in [-0.05, 0) is 44.7 Å². The number of carbonyl (C=O) groups is 1. The van der Waals surface area contributed by atoms with Crippen LogP contribution in [0.15, 0.2) is 12.1 Å². The Hall–Kier alpha value is -1.31. The number of hydrogen-bond acceptors (Lipinski definition) is 3. The van der Waals surface area contributed by atoms with Crippen LogP contribution >= 0.6 is 11.3 Å². The van der Waals surface area contributed by atoms with Gasteiger partial charge in [0.05, 0.1) is 16.3 Å². The Bertz CT molecular complexity index is 503. The molecule has 3 nitrogen and oxygen atoms in total. The first-order chi connectivity index (χ1) is 8.53. The highest BCUT2D eigenvalue weighted by Crippen LogP contribution is 2.39. The molecule has 0 bridgehead atoms. The molecule has 1 aliphatic carbocycles. The molecule has 1 aromatic rings. The van der Waals surface area contributed by atoms with E-state index in [2.05, 4.69) is 31.0 Å². The van der Waals surface area contributed by atoms with Crippen LogP contribution in [0.1, 0.15) is 41.2 Å². The van der Waals surface area contributed by atoms with E-state index in [0.29, 0.717) is 17.3 Å². The van der Waals surface area contributed by atoms with Gasteiger partial charge in [0, 0.05) is 5.54 Å². The van der Waals surface area contributed by atoms with Crippen molar-refractivity contribution >= 4 is 17.2 Å². The second-order valence-corrected chi connectivity index (χ2v) is 6.20. The summed E-state index contributed by atoms with van der Waals surface area (Å²) in [6.07, 6.45) is 2.43. The number of nitrogens with two attached hydrogens (primary N) is 1. The molecule has 1 heterocycles. The summed E-state index contributed by atoms with van der Waals surface area (Å²) in [5.74, 6) is 6.35. The van der Waals surface area contributed by atoms with E-state index >= 15 is 0 Å². The Balaban J connectivity index is 2.02. The van der Waals surface area contributed by atoms with Gasteiger partial charge < -0.3 is 11.1 Å². The maximum Gasteiger partial charge on any atom is 0.261 e.